The maximum absolute atomic E-state index is 6.19. The zero-order chi connectivity index (χ0) is 14.8. The lowest BCUT2D eigenvalue weighted by molar-refractivity contribution is 0.463. The Hall–Kier alpha value is -1.89. The van der Waals surface area contributed by atoms with Crippen molar-refractivity contribution in [2.24, 2.45) is 5.84 Å². The fraction of sp³-hybridized carbons (Fsp3) is 0. The van der Waals surface area contributed by atoms with Crippen molar-refractivity contribution in [3.63, 3.8) is 0 Å². The second-order valence-corrected chi connectivity index (χ2v) is 5.38. The van der Waals surface area contributed by atoms with E-state index in [-0.39, 0.29) is 0 Å². The molecule has 0 amide bonds. The average molecular weight is 366 g/mol. The summed E-state index contributed by atoms with van der Waals surface area (Å²) in [5.74, 6) is 6.84. The highest BCUT2D eigenvalue weighted by Crippen LogP contribution is 2.36. The van der Waals surface area contributed by atoms with Crippen LogP contribution >= 0.6 is 27.5 Å². The molecule has 0 saturated carbocycles. The average Bonchev–Trinajstić information content (AvgIpc) is 2.52. The molecule has 0 aliphatic carbocycles. The monoisotopic (exact) mass is 364 g/mol. The summed E-state index contributed by atoms with van der Waals surface area (Å²) < 4.78 is 6.42. The van der Waals surface area contributed by atoms with Crippen molar-refractivity contribution < 1.29 is 4.74 Å². The van der Waals surface area contributed by atoms with Gasteiger partial charge < -0.3 is 10.2 Å². The molecule has 0 aliphatic heterocycles. The molecule has 106 valence electrons. The van der Waals surface area contributed by atoms with E-state index in [2.05, 4.69) is 31.3 Å². The number of rotatable bonds is 3. The van der Waals surface area contributed by atoms with Crippen molar-refractivity contribution in [3.8, 4) is 11.6 Å². The molecular formula is C14H10BrClN4O. The zero-order valence-electron chi connectivity index (χ0n) is 10.7. The fourth-order valence-corrected chi connectivity index (χ4v) is 2.58. The molecule has 7 heteroatoms. The molecule has 1 heterocycles. The van der Waals surface area contributed by atoms with E-state index in [1.807, 2.05) is 24.3 Å². The van der Waals surface area contributed by atoms with Gasteiger partial charge in [0.15, 0.2) is 5.82 Å². The highest BCUT2D eigenvalue weighted by Gasteiger charge is 2.12. The highest BCUT2D eigenvalue weighted by molar-refractivity contribution is 9.10. The minimum Gasteiger partial charge on any atom is -0.437 e. The molecule has 0 bridgehead atoms. The van der Waals surface area contributed by atoms with Gasteiger partial charge >= 0.3 is 0 Å². The second-order valence-electron chi connectivity index (χ2n) is 4.18. The van der Waals surface area contributed by atoms with Crippen molar-refractivity contribution in [1.82, 2.24) is 9.97 Å². The zero-order valence-corrected chi connectivity index (χ0v) is 13.0. The summed E-state index contributed by atoms with van der Waals surface area (Å²) in [4.78, 5) is 8.08. The normalized spacial score (nSPS) is 10.6. The first-order valence-electron chi connectivity index (χ1n) is 6.03. The van der Waals surface area contributed by atoms with Crippen LogP contribution in [0.4, 0.5) is 5.82 Å². The van der Waals surface area contributed by atoms with E-state index in [0.29, 0.717) is 26.9 Å². The summed E-state index contributed by atoms with van der Waals surface area (Å²) in [6, 6.07) is 11.3. The summed E-state index contributed by atoms with van der Waals surface area (Å²) in [5.41, 5.74) is 2.47. The van der Waals surface area contributed by atoms with Crippen LogP contribution in [0.1, 0.15) is 0 Å². The molecule has 0 atom stereocenters. The third-order valence-electron chi connectivity index (χ3n) is 2.93. The SMILES string of the molecule is NNc1ncnc(Oc2ccc(Cl)c3ccccc23)c1Br. The van der Waals surface area contributed by atoms with Gasteiger partial charge in [0.05, 0.1) is 0 Å². The number of aromatic nitrogens is 2. The van der Waals surface area contributed by atoms with Crippen molar-refractivity contribution in [1.29, 1.82) is 0 Å². The van der Waals surface area contributed by atoms with Crippen molar-refractivity contribution in [2.45, 2.75) is 0 Å². The van der Waals surface area contributed by atoms with E-state index < -0.39 is 0 Å². The molecule has 0 fully saturated rings. The van der Waals surface area contributed by atoms with Crippen LogP contribution in [0.2, 0.25) is 5.02 Å². The number of nitrogens with two attached hydrogens (primary N) is 1. The van der Waals surface area contributed by atoms with Crippen LogP contribution < -0.4 is 16.0 Å². The topological polar surface area (TPSA) is 73.1 Å². The van der Waals surface area contributed by atoms with Crippen LogP contribution in [0.25, 0.3) is 10.8 Å². The molecule has 0 aliphatic rings. The Bertz CT molecular complexity index is 812. The van der Waals surface area contributed by atoms with E-state index in [1.165, 1.54) is 6.33 Å². The van der Waals surface area contributed by atoms with E-state index in [1.54, 1.807) is 12.1 Å². The number of nitrogens with one attached hydrogen (secondary N) is 1. The third-order valence-corrected chi connectivity index (χ3v) is 3.98. The fourth-order valence-electron chi connectivity index (χ4n) is 1.95. The molecule has 5 nitrogen and oxygen atoms in total. The minimum atomic E-state index is 0.366. The van der Waals surface area contributed by atoms with Crippen LogP contribution in [0, 0.1) is 0 Å². The molecule has 0 radical (unpaired) electrons. The van der Waals surface area contributed by atoms with Gasteiger partial charge in [-0.2, -0.15) is 0 Å². The molecule has 0 unspecified atom stereocenters. The Balaban J connectivity index is 2.09. The van der Waals surface area contributed by atoms with Gasteiger partial charge in [0.2, 0.25) is 5.88 Å². The van der Waals surface area contributed by atoms with Crippen molar-refractivity contribution >= 4 is 44.1 Å². The quantitative estimate of drug-likeness (QED) is 0.539. The number of halogens is 2. The Morgan fingerprint density at radius 2 is 1.86 bits per heavy atom. The molecule has 0 spiro atoms. The van der Waals surface area contributed by atoms with E-state index >= 15 is 0 Å². The number of nitrogens with zero attached hydrogens (tertiary/aromatic N) is 2. The molecular weight excluding hydrogens is 356 g/mol. The van der Waals surface area contributed by atoms with Gasteiger partial charge in [-0.05, 0) is 28.1 Å². The van der Waals surface area contributed by atoms with Gasteiger partial charge in [-0.3, -0.25) is 0 Å². The lowest BCUT2D eigenvalue weighted by atomic mass is 10.1. The lowest BCUT2D eigenvalue weighted by Gasteiger charge is -2.11. The number of nitrogen functional groups attached to an aromatic ring is 1. The third kappa shape index (κ3) is 2.65. The predicted octanol–water partition coefficient (Wildman–Crippen LogP) is 4.12. The minimum absolute atomic E-state index is 0.366. The van der Waals surface area contributed by atoms with E-state index in [4.69, 9.17) is 22.2 Å². The summed E-state index contributed by atoms with van der Waals surface area (Å²) in [5, 5.41) is 2.49. The van der Waals surface area contributed by atoms with Gasteiger partial charge in [0.1, 0.15) is 16.5 Å². The standard InChI is InChI=1S/C14H10BrClN4O/c15-12-13(20-17)18-7-19-14(12)21-11-6-5-10(16)8-3-1-2-4-9(8)11/h1-7H,17H2,(H,18,19,20). The number of hydrazine groups is 1. The van der Waals surface area contributed by atoms with Crippen LogP contribution in [0.5, 0.6) is 11.6 Å². The maximum atomic E-state index is 6.19. The number of ether oxygens (including phenoxy) is 1. The molecule has 3 aromatic rings. The smallest absolute Gasteiger partial charge is 0.238 e. The number of hydrogen-bond donors (Lipinski definition) is 2. The van der Waals surface area contributed by atoms with Gasteiger partial charge in [-0.1, -0.05) is 35.9 Å². The molecule has 0 saturated heterocycles. The van der Waals surface area contributed by atoms with Crippen molar-refractivity contribution in [2.75, 3.05) is 5.43 Å². The number of benzene rings is 2. The number of fused-ring (bicyclic) bond motifs is 1. The van der Waals surface area contributed by atoms with Gasteiger partial charge in [0, 0.05) is 15.8 Å². The number of anilines is 1. The summed E-state index contributed by atoms with van der Waals surface area (Å²) in [6.07, 6.45) is 1.37. The Labute approximate surface area is 134 Å². The molecule has 21 heavy (non-hydrogen) atoms. The van der Waals surface area contributed by atoms with Crippen LogP contribution in [0.15, 0.2) is 47.2 Å². The Morgan fingerprint density at radius 1 is 1.10 bits per heavy atom. The summed E-state index contributed by atoms with van der Waals surface area (Å²) >= 11 is 9.55. The van der Waals surface area contributed by atoms with Gasteiger partial charge in [-0.25, -0.2) is 15.8 Å². The van der Waals surface area contributed by atoms with Crippen molar-refractivity contribution in [3.05, 3.63) is 52.2 Å². The Morgan fingerprint density at radius 3 is 2.62 bits per heavy atom. The first-order chi connectivity index (χ1) is 10.2. The second kappa shape index (κ2) is 5.85. The summed E-state index contributed by atoms with van der Waals surface area (Å²) in [6.45, 7) is 0. The first kappa shape index (κ1) is 14.1. The van der Waals surface area contributed by atoms with Gasteiger partial charge in [0.25, 0.3) is 0 Å². The lowest BCUT2D eigenvalue weighted by Crippen LogP contribution is -2.09. The number of hydrogen-bond acceptors (Lipinski definition) is 5. The molecule has 3 N–H and O–H groups in total. The maximum Gasteiger partial charge on any atom is 0.238 e. The van der Waals surface area contributed by atoms with Crippen LogP contribution in [-0.4, -0.2) is 9.97 Å². The Kier molecular flexibility index (Phi) is 3.92. The predicted molar refractivity (Wildman–Crippen MR) is 86.6 cm³/mol. The van der Waals surface area contributed by atoms with Gasteiger partial charge in [-0.15, -0.1) is 0 Å². The van der Waals surface area contributed by atoms with E-state index in [0.717, 1.165) is 10.8 Å². The molecule has 1 aromatic heterocycles. The highest BCUT2D eigenvalue weighted by atomic mass is 79.9. The van der Waals surface area contributed by atoms with E-state index in [9.17, 15) is 0 Å². The van der Waals surface area contributed by atoms with Crippen LogP contribution in [0.3, 0.4) is 0 Å². The largest absolute Gasteiger partial charge is 0.437 e. The summed E-state index contributed by atoms with van der Waals surface area (Å²) in [7, 11) is 0. The van der Waals surface area contributed by atoms with Crippen LogP contribution in [-0.2, 0) is 0 Å². The molecule has 2 aromatic carbocycles. The first-order valence-corrected chi connectivity index (χ1v) is 7.20. The molecule has 3 rings (SSSR count).